The lowest BCUT2D eigenvalue weighted by atomic mass is 10.2. The predicted molar refractivity (Wildman–Crippen MR) is 100.0 cm³/mol. The van der Waals surface area contributed by atoms with E-state index in [9.17, 15) is 4.79 Å². The molecule has 0 atom stereocenters. The Morgan fingerprint density at radius 1 is 1.04 bits per heavy atom. The van der Waals surface area contributed by atoms with Crippen molar-refractivity contribution in [1.82, 2.24) is 24.3 Å². The van der Waals surface area contributed by atoms with Gasteiger partial charge < -0.3 is 4.57 Å². The molecule has 7 nitrogen and oxygen atoms in total. The highest BCUT2D eigenvalue weighted by Crippen LogP contribution is 2.20. The minimum Gasteiger partial charge on any atom is -0.310 e. The first-order chi connectivity index (χ1) is 12.6. The van der Waals surface area contributed by atoms with Crippen molar-refractivity contribution >= 4 is 22.6 Å². The summed E-state index contributed by atoms with van der Waals surface area (Å²) in [6.07, 6.45) is 5.27. The predicted octanol–water partition coefficient (Wildman–Crippen LogP) is 3.96. The van der Waals surface area contributed by atoms with Gasteiger partial charge in [0.25, 0.3) is 0 Å². The van der Waals surface area contributed by atoms with Crippen LogP contribution in [0.1, 0.15) is 19.9 Å². The Balaban J connectivity index is 1.60. The van der Waals surface area contributed by atoms with Crippen molar-refractivity contribution in [1.29, 1.82) is 0 Å². The van der Waals surface area contributed by atoms with E-state index in [0.29, 0.717) is 17.3 Å². The number of nitrogens with one attached hydrogen (secondary N) is 1. The SMILES string of the molecule is CC(C)n1cnnc1-c1cccc(NC(=O)n2cc3ccccc3c2)n1. The molecule has 3 aromatic heterocycles. The zero-order valence-electron chi connectivity index (χ0n) is 14.5. The van der Waals surface area contributed by atoms with E-state index in [2.05, 4.69) is 34.3 Å². The fourth-order valence-corrected chi connectivity index (χ4v) is 2.81. The summed E-state index contributed by atoms with van der Waals surface area (Å²) in [7, 11) is 0. The van der Waals surface area contributed by atoms with Crippen LogP contribution in [0.2, 0.25) is 0 Å². The van der Waals surface area contributed by atoms with Crippen molar-refractivity contribution in [3.63, 3.8) is 0 Å². The zero-order valence-corrected chi connectivity index (χ0v) is 14.5. The quantitative estimate of drug-likeness (QED) is 0.609. The second-order valence-electron chi connectivity index (χ2n) is 6.29. The number of nitrogens with zero attached hydrogens (tertiary/aromatic N) is 5. The largest absolute Gasteiger partial charge is 0.331 e. The molecule has 4 aromatic rings. The Morgan fingerprint density at radius 3 is 2.46 bits per heavy atom. The molecular formula is C19H18N6O. The van der Waals surface area contributed by atoms with Gasteiger partial charge in [-0.3, -0.25) is 9.88 Å². The summed E-state index contributed by atoms with van der Waals surface area (Å²) in [4.78, 5) is 17.0. The Bertz CT molecular complexity index is 1050. The number of carbonyl (C=O) groups excluding carboxylic acids is 1. The van der Waals surface area contributed by atoms with E-state index in [-0.39, 0.29) is 12.1 Å². The molecule has 0 bridgehead atoms. The number of aromatic nitrogens is 5. The molecule has 4 rings (SSSR count). The number of carbonyl (C=O) groups is 1. The highest BCUT2D eigenvalue weighted by atomic mass is 16.2. The molecule has 0 saturated carbocycles. The first kappa shape index (κ1) is 16.0. The number of fused-ring (bicyclic) bond motifs is 1. The minimum absolute atomic E-state index is 0.215. The molecule has 0 fully saturated rings. The van der Waals surface area contributed by atoms with Crippen molar-refractivity contribution in [3.05, 3.63) is 61.2 Å². The summed E-state index contributed by atoms with van der Waals surface area (Å²) >= 11 is 0. The molecule has 3 heterocycles. The third-order valence-electron chi connectivity index (χ3n) is 4.13. The van der Waals surface area contributed by atoms with Crippen LogP contribution in [0, 0.1) is 0 Å². The third-order valence-corrected chi connectivity index (χ3v) is 4.13. The second kappa shape index (κ2) is 6.44. The molecule has 7 heteroatoms. The molecule has 130 valence electrons. The van der Waals surface area contributed by atoms with Crippen molar-refractivity contribution in [2.75, 3.05) is 5.32 Å². The second-order valence-corrected chi connectivity index (χ2v) is 6.29. The molecule has 1 N–H and O–H groups in total. The Kier molecular flexibility index (Phi) is 3.96. The van der Waals surface area contributed by atoms with Crippen molar-refractivity contribution in [2.45, 2.75) is 19.9 Å². The van der Waals surface area contributed by atoms with E-state index < -0.39 is 0 Å². The van der Waals surface area contributed by atoms with Crippen LogP contribution in [0.25, 0.3) is 22.3 Å². The van der Waals surface area contributed by atoms with Gasteiger partial charge in [-0.2, -0.15) is 0 Å². The van der Waals surface area contributed by atoms with Gasteiger partial charge in [-0.15, -0.1) is 10.2 Å². The topological polar surface area (TPSA) is 77.6 Å². The number of hydrogen-bond acceptors (Lipinski definition) is 4. The van der Waals surface area contributed by atoms with E-state index in [1.54, 1.807) is 24.8 Å². The van der Waals surface area contributed by atoms with Crippen LogP contribution in [0.15, 0.2) is 61.2 Å². The molecule has 26 heavy (non-hydrogen) atoms. The highest BCUT2D eigenvalue weighted by Gasteiger charge is 2.13. The first-order valence-corrected chi connectivity index (χ1v) is 8.37. The van der Waals surface area contributed by atoms with Crippen LogP contribution in [0.5, 0.6) is 0 Å². The third kappa shape index (κ3) is 2.95. The molecule has 0 spiro atoms. The Morgan fingerprint density at radius 2 is 1.77 bits per heavy atom. The smallest absolute Gasteiger partial charge is 0.310 e. The average molecular weight is 346 g/mol. The van der Waals surface area contributed by atoms with E-state index >= 15 is 0 Å². The van der Waals surface area contributed by atoms with Crippen LogP contribution in [-0.2, 0) is 0 Å². The molecule has 0 aliphatic carbocycles. The zero-order chi connectivity index (χ0) is 18.1. The highest BCUT2D eigenvalue weighted by molar-refractivity contribution is 5.94. The number of hydrogen-bond donors (Lipinski definition) is 1. The van der Waals surface area contributed by atoms with E-state index in [4.69, 9.17) is 0 Å². The Labute approximate surface area is 150 Å². The summed E-state index contributed by atoms with van der Waals surface area (Å²) in [5, 5.41) is 13.0. The summed E-state index contributed by atoms with van der Waals surface area (Å²) < 4.78 is 3.46. The summed E-state index contributed by atoms with van der Waals surface area (Å²) in [6.45, 7) is 4.10. The van der Waals surface area contributed by atoms with Crippen LogP contribution >= 0.6 is 0 Å². The average Bonchev–Trinajstić information content (AvgIpc) is 3.29. The lowest BCUT2D eigenvalue weighted by Crippen LogP contribution is -2.18. The van der Waals surface area contributed by atoms with Gasteiger partial charge in [-0.25, -0.2) is 9.78 Å². The summed E-state index contributed by atoms with van der Waals surface area (Å²) in [5.74, 6) is 1.13. The minimum atomic E-state index is -0.267. The lowest BCUT2D eigenvalue weighted by Gasteiger charge is -2.10. The molecule has 1 aromatic carbocycles. The molecule has 0 aliphatic heterocycles. The van der Waals surface area contributed by atoms with Gasteiger partial charge in [0, 0.05) is 18.4 Å². The summed E-state index contributed by atoms with van der Waals surface area (Å²) in [6, 6.07) is 13.2. The first-order valence-electron chi connectivity index (χ1n) is 8.37. The number of anilines is 1. The number of pyridine rings is 1. The van der Waals surface area contributed by atoms with Gasteiger partial charge in [0.05, 0.1) is 0 Å². The fraction of sp³-hybridized carbons (Fsp3) is 0.158. The molecular weight excluding hydrogens is 328 g/mol. The van der Waals surface area contributed by atoms with Crippen molar-refractivity contribution in [2.24, 2.45) is 0 Å². The van der Waals surface area contributed by atoms with Gasteiger partial charge in [0.15, 0.2) is 5.82 Å². The van der Waals surface area contributed by atoms with E-state index in [1.807, 2.05) is 41.0 Å². The lowest BCUT2D eigenvalue weighted by molar-refractivity contribution is 0.253. The maximum atomic E-state index is 12.5. The molecule has 0 unspecified atom stereocenters. The fourth-order valence-electron chi connectivity index (χ4n) is 2.81. The van der Waals surface area contributed by atoms with Crippen LogP contribution < -0.4 is 5.32 Å². The van der Waals surface area contributed by atoms with E-state index in [1.165, 1.54) is 4.57 Å². The van der Waals surface area contributed by atoms with Gasteiger partial charge >= 0.3 is 6.03 Å². The maximum Gasteiger partial charge on any atom is 0.331 e. The van der Waals surface area contributed by atoms with Gasteiger partial charge in [0.1, 0.15) is 17.8 Å². The number of benzene rings is 1. The van der Waals surface area contributed by atoms with Crippen LogP contribution in [-0.4, -0.2) is 30.3 Å². The number of rotatable bonds is 3. The standard InChI is InChI=1S/C19H18N6O/c1-13(2)25-12-20-23-18(25)16-8-5-9-17(21-16)22-19(26)24-10-14-6-3-4-7-15(14)11-24/h3-13H,1-2H3,(H,21,22,26). The molecule has 1 amide bonds. The summed E-state index contributed by atoms with van der Waals surface area (Å²) in [5.41, 5.74) is 0.659. The van der Waals surface area contributed by atoms with Crippen LogP contribution in [0.4, 0.5) is 10.6 Å². The van der Waals surface area contributed by atoms with Gasteiger partial charge in [-0.05, 0) is 36.8 Å². The molecule has 0 aliphatic rings. The number of amides is 1. The monoisotopic (exact) mass is 346 g/mol. The molecule has 0 saturated heterocycles. The van der Waals surface area contributed by atoms with Crippen LogP contribution in [0.3, 0.4) is 0 Å². The van der Waals surface area contributed by atoms with Crippen molar-refractivity contribution < 1.29 is 4.79 Å². The molecule has 0 radical (unpaired) electrons. The normalized spacial score (nSPS) is 11.2. The maximum absolute atomic E-state index is 12.5. The van der Waals surface area contributed by atoms with Gasteiger partial charge in [-0.1, -0.05) is 30.3 Å². The van der Waals surface area contributed by atoms with Gasteiger partial charge in [0.2, 0.25) is 0 Å². The van der Waals surface area contributed by atoms with E-state index in [0.717, 1.165) is 10.8 Å². The Hall–Kier alpha value is -3.48. The van der Waals surface area contributed by atoms with Crippen molar-refractivity contribution in [3.8, 4) is 11.5 Å².